The molecule has 3 N–H and O–H groups in total. The molecule has 2 aromatic rings. The van der Waals surface area contributed by atoms with Crippen molar-refractivity contribution in [3.05, 3.63) is 30.1 Å². The number of primary amides is 1. The molecule has 104 valence electrons. The van der Waals surface area contributed by atoms with Gasteiger partial charge in [-0.05, 0) is 37.8 Å². The van der Waals surface area contributed by atoms with Gasteiger partial charge in [0.15, 0.2) is 0 Å². The lowest BCUT2D eigenvalue weighted by atomic mass is 10.2. The Kier molecular flexibility index (Phi) is 3.41. The van der Waals surface area contributed by atoms with Gasteiger partial charge in [-0.15, -0.1) is 0 Å². The second-order valence-electron chi connectivity index (χ2n) is 5.07. The van der Waals surface area contributed by atoms with Crippen LogP contribution in [-0.2, 0) is 4.79 Å². The number of nitrogens with two attached hydrogens (primary N) is 1. The van der Waals surface area contributed by atoms with Crippen molar-refractivity contribution >= 4 is 23.0 Å². The molecule has 0 saturated heterocycles. The van der Waals surface area contributed by atoms with Crippen molar-refractivity contribution in [3.63, 3.8) is 0 Å². The van der Waals surface area contributed by atoms with Crippen LogP contribution in [0.3, 0.4) is 0 Å². The van der Waals surface area contributed by atoms with Gasteiger partial charge in [0, 0.05) is 23.2 Å². The SMILES string of the molecule is NC(=O)C=Cc1c[nH]c2ncc(OC3CCCC3)cc12. The van der Waals surface area contributed by atoms with Crippen molar-refractivity contribution in [2.75, 3.05) is 0 Å². The second-order valence-corrected chi connectivity index (χ2v) is 5.07. The Balaban J connectivity index is 1.88. The minimum atomic E-state index is -0.467. The predicted octanol–water partition coefficient (Wildman–Crippen LogP) is 2.38. The highest BCUT2D eigenvalue weighted by Crippen LogP contribution is 2.27. The molecule has 5 heteroatoms. The average Bonchev–Trinajstić information content (AvgIpc) is 3.05. The van der Waals surface area contributed by atoms with Crippen molar-refractivity contribution in [1.29, 1.82) is 0 Å². The lowest BCUT2D eigenvalue weighted by Gasteiger charge is -2.12. The molecular weight excluding hydrogens is 254 g/mol. The number of carbonyl (C=O) groups excluding carboxylic acids is 1. The zero-order valence-electron chi connectivity index (χ0n) is 11.1. The van der Waals surface area contributed by atoms with E-state index in [1.54, 1.807) is 18.5 Å². The molecule has 1 aliphatic rings. The Morgan fingerprint density at radius 1 is 1.45 bits per heavy atom. The maximum atomic E-state index is 10.8. The van der Waals surface area contributed by atoms with Gasteiger partial charge in [-0.3, -0.25) is 4.79 Å². The third-order valence-electron chi connectivity index (χ3n) is 3.57. The molecule has 0 radical (unpaired) electrons. The number of hydrogen-bond donors (Lipinski definition) is 2. The Bertz CT molecular complexity index is 654. The van der Waals surface area contributed by atoms with Crippen molar-refractivity contribution in [2.45, 2.75) is 31.8 Å². The maximum absolute atomic E-state index is 10.8. The standard InChI is InChI=1S/C15H17N3O2/c16-14(19)6-5-10-8-17-15-13(10)7-12(9-18-15)20-11-3-1-2-4-11/h5-9,11H,1-4H2,(H2,16,19)(H,17,18). The molecular formula is C15H17N3O2. The number of hydrogen-bond acceptors (Lipinski definition) is 3. The molecule has 3 rings (SSSR count). The summed E-state index contributed by atoms with van der Waals surface area (Å²) in [6.07, 6.45) is 11.6. The summed E-state index contributed by atoms with van der Waals surface area (Å²) in [6.45, 7) is 0. The van der Waals surface area contributed by atoms with Crippen LogP contribution >= 0.6 is 0 Å². The van der Waals surface area contributed by atoms with Crippen molar-refractivity contribution in [1.82, 2.24) is 9.97 Å². The zero-order chi connectivity index (χ0) is 13.9. The van der Waals surface area contributed by atoms with Crippen LogP contribution in [0.2, 0.25) is 0 Å². The van der Waals surface area contributed by atoms with Crippen molar-refractivity contribution in [3.8, 4) is 5.75 Å². The Hall–Kier alpha value is -2.30. The van der Waals surface area contributed by atoms with Crippen LogP contribution in [0, 0.1) is 0 Å². The fraction of sp³-hybridized carbons (Fsp3) is 0.333. The quantitative estimate of drug-likeness (QED) is 0.838. The van der Waals surface area contributed by atoms with Crippen LogP contribution in [-0.4, -0.2) is 22.0 Å². The molecule has 20 heavy (non-hydrogen) atoms. The summed E-state index contributed by atoms with van der Waals surface area (Å²) in [4.78, 5) is 18.2. The lowest BCUT2D eigenvalue weighted by molar-refractivity contribution is -0.113. The summed E-state index contributed by atoms with van der Waals surface area (Å²) < 4.78 is 5.94. The van der Waals surface area contributed by atoms with Gasteiger partial charge < -0.3 is 15.5 Å². The number of carbonyl (C=O) groups is 1. The van der Waals surface area contributed by atoms with E-state index in [0.29, 0.717) is 6.10 Å². The van der Waals surface area contributed by atoms with Crippen LogP contribution in [0.25, 0.3) is 17.1 Å². The van der Waals surface area contributed by atoms with Crippen LogP contribution in [0.15, 0.2) is 24.5 Å². The minimum absolute atomic E-state index is 0.304. The first-order valence-electron chi connectivity index (χ1n) is 6.83. The highest BCUT2D eigenvalue weighted by atomic mass is 16.5. The van der Waals surface area contributed by atoms with Gasteiger partial charge in [0.05, 0.1) is 12.3 Å². The molecule has 0 aromatic carbocycles. The van der Waals surface area contributed by atoms with E-state index < -0.39 is 5.91 Å². The number of nitrogens with one attached hydrogen (secondary N) is 1. The Labute approximate surface area is 116 Å². The fourth-order valence-corrected chi connectivity index (χ4v) is 2.58. The molecule has 0 atom stereocenters. The molecule has 1 aliphatic carbocycles. The largest absolute Gasteiger partial charge is 0.489 e. The average molecular weight is 271 g/mol. The van der Waals surface area contributed by atoms with E-state index in [1.165, 1.54) is 18.9 Å². The number of aromatic nitrogens is 2. The van der Waals surface area contributed by atoms with Gasteiger partial charge in [0.2, 0.25) is 5.91 Å². The zero-order valence-corrected chi connectivity index (χ0v) is 11.1. The van der Waals surface area contributed by atoms with E-state index in [0.717, 1.165) is 35.2 Å². The van der Waals surface area contributed by atoms with Gasteiger partial charge >= 0.3 is 0 Å². The van der Waals surface area contributed by atoms with Crippen molar-refractivity contribution < 1.29 is 9.53 Å². The number of H-pyrrole nitrogens is 1. The molecule has 2 heterocycles. The highest BCUT2D eigenvalue weighted by molar-refractivity contribution is 5.94. The van der Waals surface area contributed by atoms with Gasteiger partial charge in [0.1, 0.15) is 11.4 Å². The van der Waals surface area contributed by atoms with E-state index in [4.69, 9.17) is 10.5 Å². The summed E-state index contributed by atoms with van der Waals surface area (Å²) in [6, 6.07) is 1.96. The van der Waals surface area contributed by atoms with E-state index in [2.05, 4.69) is 9.97 Å². The van der Waals surface area contributed by atoms with Gasteiger partial charge in [-0.2, -0.15) is 0 Å². The minimum Gasteiger partial charge on any atom is -0.489 e. The molecule has 5 nitrogen and oxygen atoms in total. The number of amides is 1. The summed E-state index contributed by atoms with van der Waals surface area (Å²) in [5, 5.41) is 0.929. The maximum Gasteiger partial charge on any atom is 0.241 e. The van der Waals surface area contributed by atoms with E-state index in [1.807, 2.05) is 6.07 Å². The normalized spacial score (nSPS) is 16.2. The summed E-state index contributed by atoms with van der Waals surface area (Å²) in [5.41, 5.74) is 6.76. The summed E-state index contributed by atoms with van der Waals surface area (Å²) >= 11 is 0. The van der Waals surface area contributed by atoms with Crippen LogP contribution in [0.1, 0.15) is 31.2 Å². The smallest absolute Gasteiger partial charge is 0.241 e. The molecule has 1 amide bonds. The molecule has 0 bridgehead atoms. The van der Waals surface area contributed by atoms with Gasteiger partial charge in [-0.25, -0.2) is 4.98 Å². The molecule has 1 fully saturated rings. The molecule has 0 unspecified atom stereocenters. The Morgan fingerprint density at radius 3 is 3.00 bits per heavy atom. The first-order valence-corrected chi connectivity index (χ1v) is 6.83. The summed E-state index contributed by atoms with van der Waals surface area (Å²) in [5.74, 6) is 0.309. The number of fused-ring (bicyclic) bond motifs is 1. The topological polar surface area (TPSA) is 81.0 Å². The fourth-order valence-electron chi connectivity index (χ4n) is 2.58. The van der Waals surface area contributed by atoms with Crippen LogP contribution in [0.5, 0.6) is 5.75 Å². The Morgan fingerprint density at radius 2 is 2.25 bits per heavy atom. The number of aromatic amines is 1. The molecule has 0 spiro atoms. The first-order chi connectivity index (χ1) is 9.72. The third-order valence-corrected chi connectivity index (χ3v) is 3.57. The third kappa shape index (κ3) is 2.66. The van der Waals surface area contributed by atoms with E-state index in [-0.39, 0.29) is 0 Å². The van der Waals surface area contributed by atoms with Crippen molar-refractivity contribution in [2.24, 2.45) is 5.73 Å². The van der Waals surface area contributed by atoms with Crippen LogP contribution in [0.4, 0.5) is 0 Å². The second kappa shape index (κ2) is 5.36. The number of rotatable bonds is 4. The van der Waals surface area contributed by atoms with Gasteiger partial charge in [-0.1, -0.05) is 0 Å². The number of nitrogens with zero attached hydrogens (tertiary/aromatic N) is 1. The lowest BCUT2D eigenvalue weighted by Crippen LogP contribution is -2.10. The monoisotopic (exact) mass is 271 g/mol. The molecule has 2 aromatic heterocycles. The van der Waals surface area contributed by atoms with Gasteiger partial charge in [0.25, 0.3) is 0 Å². The van der Waals surface area contributed by atoms with Crippen LogP contribution < -0.4 is 10.5 Å². The van der Waals surface area contributed by atoms with E-state index >= 15 is 0 Å². The number of pyridine rings is 1. The summed E-state index contributed by atoms with van der Waals surface area (Å²) in [7, 11) is 0. The first kappa shape index (κ1) is 12.7. The number of ether oxygens (including phenoxy) is 1. The van der Waals surface area contributed by atoms with E-state index in [9.17, 15) is 4.79 Å². The molecule has 0 aliphatic heterocycles. The predicted molar refractivity (Wildman–Crippen MR) is 77.2 cm³/mol. The molecule has 1 saturated carbocycles. The highest BCUT2D eigenvalue weighted by Gasteiger charge is 2.17.